The SMILES string of the molecule is CCCc1cc(-c2cccc([N+](=O)[O-])c2)nn1Cc1ncco1. The minimum atomic E-state index is -0.403. The Hall–Kier alpha value is -2.96. The Kier molecular flexibility index (Phi) is 4.18. The van der Waals surface area contributed by atoms with Gasteiger partial charge in [-0.15, -0.1) is 0 Å². The van der Waals surface area contributed by atoms with Gasteiger partial charge in [0.15, 0.2) is 0 Å². The molecule has 0 aliphatic rings. The maximum absolute atomic E-state index is 10.9. The van der Waals surface area contributed by atoms with E-state index in [0.717, 1.165) is 24.1 Å². The van der Waals surface area contributed by atoms with Crippen molar-refractivity contribution in [2.75, 3.05) is 0 Å². The molecule has 7 heteroatoms. The van der Waals surface area contributed by atoms with Gasteiger partial charge in [-0.05, 0) is 12.5 Å². The van der Waals surface area contributed by atoms with Crippen LogP contribution in [0.3, 0.4) is 0 Å². The Balaban J connectivity index is 1.96. The second kappa shape index (κ2) is 6.43. The quantitative estimate of drug-likeness (QED) is 0.514. The Labute approximate surface area is 132 Å². The van der Waals surface area contributed by atoms with E-state index in [9.17, 15) is 10.1 Å². The molecule has 0 saturated heterocycles. The summed E-state index contributed by atoms with van der Waals surface area (Å²) in [6.07, 6.45) is 4.97. The second-order valence-electron chi connectivity index (χ2n) is 5.16. The summed E-state index contributed by atoms with van der Waals surface area (Å²) in [5.74, 6) is 0.580. The summed E-state index contributed by atoms with van der Waals surface area (Å²) in [6.45, 7) is 2.53. The fourth-order valence-electron chi connectivity index (χ4n) is 2.43. The molecular formula is C16H16N4O3. The van der Waals surface area contributed by atoms with Gasteiger partial charge in [0, 0.05) is 23.4 Å². The third-order valence-electron chi connectivity index (χ3n) is 3.49. The average Bonchev–Trinajstić information content (AvgIpc) is 3.19. The number of nitrogens with zero attached hydrogens (tertiary/aromatic N) is 4. The zero-order valence-corrected chi connectivity index (χ0v) is 12.7. The first-order valence-corrected chi connectivity index (χ1v) is 7.37. The largest absolute Gasteiger partial charge is 0.447 e. The van der Waals surface area contributed by atoms with Crippen LogP contribution in [0.5, 0.6) is 0 Å². The number of nitro benzene ring substituents is 1. The first-order valence-electron chi connectivity index (χ1n) is 7.37. The molecule has 0 amide bonds. The van der Waals surface area contributed by atoms with Crippen molar-refractivity contribution in [2.24, 2.45) is 0 Å². The van der Waals surface area contributed by atoms with Crippen molar-refractivity contribution in [3.8, 4) is 11.3 Å². The van der Waals surface area contributed by atoms with Crippen LogP contribution in [-0.2, 0) is 13.0 Å². The predicted octanol–water partition coefficient (Wildman–Crippen LogP) is 3.45. The van der Waals surface area contributed by atoms with E-state index in [4.69, 9.17) is 4.42 Å². The smallest absolute Gasteiger partial charge is 0.270 e. The van der Waals surface area contributed by atoms with Crippen LogP contribution in [0.25, 0.3) is 11.3 Å². The molecule has 0 N–H and O–H groups in total. The van der Waals surface area contributed by atoms with Crippen LogP contribution in [0.1, 0.15) is 24.9 Å². The summed E-state index contributed by atoms with van der Waals surface area (Å²) in [7, 11) is 0. The molecule has 2 heterocycles. The zero-order valence-electron chi connectivity index (χ0n) is 12.7. The van der Waals surface area contributed by atoms with E-state index in [2.05, 4.69) is 17.0 Å². The van der Waals surface area contributed by atoms with Crippen molar-refractivity contribution in [3.05, 3.63) is 64.5 Å². The van der Waals surface area contributed by atoms with Gasteiger partial charge in [-0.1, -0.05) is 25.5 Å². The number of hydrogen-bond donors (Lipinski definition) is 0. The molecule has 0 unspecified atom stereocenters. The van der Waals surface area contributed by atoms with Gasteiger partial charge in [-0.2, -0.15) is 5.10 Å². The number of nitro groups is 1. The molecule has 0 spiro atoms. The summed E-state index contributed by atoms with van der Waals surface area (Å²) < 4.78 is 7.11. The number of non-ortho nitro benzene ring substituents is 1. The van der Waals surface area contributed by atoms with Gasteiger partial charge in [0.1, 0.15) is 12.8 Å². The third kappa shape index (κ3) is 3.28. The van der Waals surface area contributed by atoms with Gasteiger partial charge in [0.25, 0.3) is 5.69 Å². The van der Waals surface area contributed by atoms with Gasteiger partial charge in [-0.25, -0.2) is 4.98 Å². The van der Waals surface area contributed by atoms with E-state index in [1.807, 2.05) is 16.8 Å². The molecule has 0 saturated carbocycles. The highest BCUT2D eigenvalue weighted by Gasteiger charge is 2.13. The Morgan fingerprint density at radius 2 is 2.22 bits per heavy atom. The zero-order chi connectivity index (χ0) is 16.2. The first-order chi connectivity index (χ1) is 11.2. The lowest BCUT2D eigenvalue weighted by atomic mass is 10.1. The highest BCUT2D eigenvalue weighted by Crippen LogP contribution is 2.24. The molecule has 0 atom stereocenters. The van der Waals surface area contributed by atoms with E-state index in [0.29, 0.717) is 18.1 Å². The molecule has 118 valence electrons. The van der Waals surface area contributed by atoms with Crippen molar-refractivity contribution in [1.82, 2.24) is 14.8 Å². The molecule has 7 nitrogen and oxygen atoms in total. The normalized spacial score (nSPS) is 10.8. The number of hydrogen-bond acceptors (Lipinski definition) is 5. The van der Waals surface area contributed by atoms with Gasteiger partial charge in [0.2, 0.25) is 5.89 Å². The standard InChI is InChI=1S/C16H16N4O3/c1-2-4-13-10-15(12-5-3-6-14(9-12)20(21)22)18-19(13)11-16-17-7-8-23-16/h3,5-10H,2,4,11H2,1H3. The van der Waals surface area contributed by atoms with E-state index < -0.39 is 4.92 Å². The minimum Gasteiger partial charge on any atom is -0.447 e. The van der Waals surface area contributed by atoms with Crippen molar-refractivity contribution < 1.29 is 9.34 Å². The van der Waals surface area contributed by atoms with Gasteiger partial charge in [0.05, 0.1) is 16.8 Å². The third-order valence-corrected chi connectivity index (χ3v) is 3.49. The average molecular weight is 312 g/mol. The van der Waals surface area contributed by atoms with Crippen LogP contribution >= 0.6 is 0 Å². The number of aryl methyl sites for hydroxylation is 1. The molecule has 0 bridgehead atoms. The summed E-state index contributed by atoms with van der Waals surface area (Å²) in [6, 6.07) is 8.46. The van der Waals surface area contributed by atoms with Gasteiger partial charge >= 0.3 is 0 Å². The summed E-state index contributed by atoms with van der Waals surface area (Å²) >= 11 is 0. The maximum atomic E-state index is 10.9. The lowest BCUT2D eigenvalue weighted by molar-refractivity contribution is -0.384. The Morgan fingerprint density at radius 1 is 1.35 bits per heavy atom. The maximum Gasteiger partial charge on any atom is 0.270 e. The highest BCUT2D eigenvalue weighted by molar-refractivity contribution is 5.62. The molecule has 3 rings (SSSR count). The predicted molar refractivity (Wildman–Crippen MR) is 83.9 cm³/mol. The summed E-state index contributed by atoms with van der Waals surface area (Å²) in [5.41, 5.74) is 2.54. The lowest BCUT2D eigenvalue weighted by Crippen LogP contribution is -2.06. The Morgan fingerprint density at radius 3 is 2.91 bits per heavy atom. The van der Waals surface area contributed by atoms with Crippen LogP contribution in [0.2, 0.25) is 0 Å². The fraction of sp³-hybridized carbons (Fsp3) is 0.250. The molecule has 0 aliphatic heterocycles. The van der Waals surface area contributed by atoms with Crippen LogP contribution < -0.4 is 0 Å². The minimum absolute atomic E-state index is 0.0572. The number of aromatic nitrogens is 3. The van der Waals surface area contributed by atoms with Crippen molar-refractivity contribution in [1.29, 1.82) is 0 Å². The number of oxazole rings is 1. The van der Waals surface area contributed by atoms with Crippen LogP contribution in [0.15, 0.2) is 47.2 Å². The highest BCUT2D eigenvalue weighted by atomic mass is 16.6. The molecular weight excluding hydrogens is 296 g/mol. The van der Waals surface area contributed by atoms with E-state index in [1.165, 1.54) is 18.4 Å². The van der Waals surface area contributed by atoms with E-state index in [-0.39, 0.29) is 5.69 Å². The topological polar surface area (TPSA) is 87.0 Å². The number of benzene rings is 1. The summed E-state index contributed by atoms with van der Waals surface area (Å²) in [4.78, 5) is 14.6. The van der Waals surface area contributed by atoms with Gasteiger partial charge in [-0.3, -0.25) is 14.8 Å². The van der Waals surface area contributed by atoms with Crippen LogP contribution in [0, 0.1) is 10.1 Å². The fourth-order valence-corrected chi connectivity index (χ4v) is 2.43. The molecule has 1 aromatic carbocycles. The van der Waals surface area contributed by atoms with Crippen LogP contribution in [0.4, 0.5) is 5.69 Å². The van der Waals surface area contributed by atoms with Crippen molar-refractivity contribution in [3.63, 3.8) is 0 Å². The van der Waals surface area contributed by atoms with Crippen LogP contribution in [-0.4, -0.2) is 19.7 Å². The molecule has 0 radical (unpaired) electrons. The van der Waals surface area contributed by atoms with E-state index >= 15 is 0 Å². The molecule has 0 fully saturated rings. The molecule has 0 aliphatic carbocycles. The van der Waals surface area contributed by atoms with E-state index in [1.54, 1.807) is 12.3 Å². The van der Waals surface area contributed by atoms with Crippen molar-refractivity contribution in [2.45, 2.75) is 26.3 Å². The lowest BCUT2D eigenvalue weighted by Gasteiger charge is -2.03. The second-order valence-corrected chi connectivity index (χ2v) is 5.16. The molecule has 23 heavy (non-hydrogen) atoms. The molecule has 2 aromatic heterocycles. The molecule has 3 aromatic rings. The summed E-state index contributed by atoms with van der Waals surface area (Å²) in [5, 5.41) is 15.5. The monoisotopic (exact) mass is 312 g/mol. The number of rotatable bonds is 6. The Bertz CT molecular complexity index is 809. The van der Waals surface area contributed by atoms with Crippen molar-refractivity contribution >= 4 is 5.69 Å². The first kappa shape index (κ1) is 15.0. The van der Waals surface area contributed by atoms with Gasteiger partial charge < -0.3 is 4.42 Å².